The van der Waals surface area contributed by atoms with Crippen LogP contribution in [0.1, 0.15) is 78.8 Å². The Morgan fingerprint density at radius 2 is 2.03 bits per heavy atom. The van der Waals surface area contributed by atoms with Crippen LogP contribution < -0.4 is 5.32 Å². The summed E-state index contributed by atoms with van der Waals surface area (Å²) in [6, 6.07) is 2.06. The number of hydrogen-bond acceptors (Lipinski definition) is 7. The molecule has 33 heavy (non-hydrogen) atoms. The number of nitrogens with one attached hydrogen (secondary N) is 1. The average Bonchev–Trinajstić information content (AvgIpc) is 2.79. The van der Waals surface area contributed by atoms with Crippen LogP contribution in [-0.2, 0) is 20.9 Å². The van der Waals surface area contributed by atoms with Crippen LogP contribution in [0.4, 0.5) is 0 Å². The zero-order valence-corrected chi connectivity index (χ0v) is 21.3. The molecule has 1 unspecified atom stereocenters. The zero-order valence-electron chi connectivity index (χ0n) is 21.3. The summed E-state index contributed by atoms with van der Waals surface area (Å²) in [6.45, 7) is 14.0. The van der Waals surface area contributed by atoms with Crippen LogP contribution in [-0.4, -0.2) is 58.9 Å². The van der Waals surface area contributed by atoms with Crippen molar-refractivity contribution in [3.05, 3.63) is 24.3 Å². The lowest BCUT2D eigenvalue weighted by atomic mass is 9.83. The number of cyclic esters (lactones) is 1. The molecule has 0 amide bonds. The van der Waals surface area contributed by atoms with Crippen molar-refractivity contribution in [2.45, 2.75) is 85.7 Å². The molecule has 1 aromatic rings. The number of esters is 1. The Balaban J connectivity index is 2.04. The summed E-state index contributed by atoms with van der Waals surface area (Å²) in [6.07, 6.45) is 8.64. The van der Waals surface area contributed by atoms with E-state index in [2.05, 4.69) is 41.0 Å². The first-order valence-electron chi connectivity index (χ1n) is 12.6. The van der Waals surface area contributed by atoms with Crippen LogP contribution in [0.2, 0.25) is 0 Å². The summed E-state index contributed by atoms with van der Waals surface area (Å²) < 4.78 is 5.78. The molecule has 0 radical (unpaired) electrons. The Labute approximate surface area is 200 Å². The second-order valence-corrected chi connectivity index (χ2v) is 10.3. The number of rotatable bonds is 8. The molecule has 0 spiro atoms. The molecule has 186 valence electrons. The molecule has 1 aliphatic rings. The Morgan fingerprint density at radius 1 is 1.24 bits per heavy atom. The van der Waals surface area contributed by atoms with E-state index >= 15 is 0 Å². The van der Waals surface area contributed by atoms with Crippen LogP contribution in [0.25, 0.3) is 0 Å². The van der Waals surface area contributed by atoms with Crippen molar-refractivity contribution in [3.63, 3.8) is 0 Å². The van der Waals surface area contributed by atoms with Crippen LogP contribution in [0.3, 0.4) is 0 Å². The van der Waals surface area contributed by atoms with E-state index in [0.717, 1.165) is 57.4 Å². The first-order valence-corrected chi connectivity index (χ1v) is 12.6. The number of hydrogen-bond donors (Lipinski definition) is 1. The molecule has 2 heterocycles. The van der Waals surface area contributed by atoms with Gasteiger partial charge in [-0.15, -0.1) is 0 Å². The van der Waals surface area contributed by atoms with Gasteiger partial charge in [0, 0.05) is 31.7 Å². The molecule has 0 bridgehead atoms. The number of ether oxygens (including phenoxy) is 1. The van der Waals surface area contributed by atoms with Gasteiger partial charge in [-0.3, -0.25) is 14.5 Å². The average molecular weight is 461 g/mol. The topological polar surface area (TPSA) is 84.4 Å². The predicted octanol–water partition coefficient (Wildman–Crippen LogP) is 4.02. The van der Waals surface area contributed by atoms with Crippen molar-refractivity contribution in [3.8, 4) is 0 Å². The van der Waals surface area contributed by atoms with Crippen LogP contribution in [0, 0.1) is 17.3 Å². The van der Waals surface area contributed by atoms with Crippen LogP contribution in [0.5, 0.6) is 0 Å². The van der Waals surface area contributed by atoms with Crippen molar-refractivity contribution in [1.29, 1.82) is 0 Å². The van der Waals surface area contributed by atoms with Crippen molar-refractivity contribution in [2.24, 2.45) is 17.3 Å². The second kappa shape index (κ2) is 13.8. The largest absolute Gasteiger partial charge is 0.463 e. The fourth-order valence-electron chi connectivity index (χ4n) is 4.62. The molecule has 1 aliphatic heterocycles. The molecule has 0 saturated carbocycles. The molecular weight excluding hydrogens is 416 g/mol. The van der Waals surface area contributed by atoms with Gasteiger partial charge in [-0.2, -0.15) is 0 Å². The maximum absolute atomic E-state index is 12.9. The zero-order chi connectivity index (χ0) is 24.3. The Kier molecular flexibility index (Phi) is 11.4. The lowest BCUT2D eigenvalue weighted by Crippen LogP contribution is -2.44. The summed E-state index contributed by atoms with van der Waals surface area (Å²) in [7, 11) is 0. The van der Waals surface area contributed by atoms with Gasteiger partial charge in [0.05, 0.1) is 5.69 Å². The molecule has 1 saturated heterocycles. The fraction of sp³-hybridized carbons (Fsp3) is 0.769. The normalized spacial score (nSPS) is 25.5. The summed E-state index contributed by atoms with van der Waals surface area (Å²) in [5.41, 5.74) is -0.109. The van der Waals surface area contributed by atoms with Crippen molar-refractivity contribution in [2.75, 3.05) is 26.2 Å². The standard InChI is InChI=1S/C26H44N4O3/c1-6-14-30-17-21(3)15-20(2)9-10-24(31)26(4,5)25(32)33-18-23(30)8-7-12-27-16-22-11-13-28-19-29-22/h11,13,19-21,23,27H,6-10,12,14-18H2,1-5H3/t20-,21?,23+/m0/s1. The molecule has 3 atom stereocenters. The van der Waals surface area contributed by atoms with Gasteiger partial charge in [0.1, 0.15) is 24.1 Å². The van der Waals surface area contributed by atoms with Gasteiger partial charge in [0.25, 0.3) is 0 Å². The van der Waals surface area contributed by atoms with E-state index in [0.29, 0.717) is 31.4 Å². The Morgan fingerprint density at radius 3 is 2.73 bits per heavy atom. The van der Waals surface area contributed by atoms with E-state index in [9.17, 15) is 9.59 Å². The molecule has 1 aromatic heterocycles. The number of Topliss-reactive ketones (excluding diaryl/α,β-unsaturated/α-hetero) is 1. The first kappa shape index (κ1) is 27.4. The third-order valence-electron chi connectivity index (χ3n) is 6.70. The van der Waals surface area contributed by atoms with E-state index in [1.807, 2.05) is 6.07 Å². The minimum Gasteiger partial charge on any atom is -0.463 e. The van der Waals surface area contributed by atoms with Gasteiger partial charge < -0.3 is 10.1 Å². The molecule has 7 nitrogen and oxygen atoms in total. The van der Waals surface area contributed by atoms with Gasteiger partial charge in [0.2, 0.25) is 0 Å². The monoisotopic (exact) mass is 460 g/mol. The highest BCUT2D eigenvalue weighted by Gasteiger charge is 2.38. The smallest absolute Gasteiger partial charge is 0.319 e. The maximum atomic E-state index is 12.9. The first-order chi connectivity index (χ1) is 15.7. The van der Waals surface area contributed by atoms with Crippen LogP contribution >= 0.6 is 0 Å². The molecule has 0 aliphatic carbocycles. The van der Waals surface area contributed by atoms with Gasteiger partial charge in [0.15, 0.2) is 0 Å². The van der Waals surface area contributed by atoms with Gasteiger partial charge in [-0.05, 0) is 76.9 Å². The molecule has 7 heteroatoms. The van der Waals surface area contributed by atoms with E-state index in [1.54, 1.807) is 26.4 Å². The predicted molar refractivity (Wildman–Crippen MR) is 131 cm³/mol. The molecule has 0 aromatic carbocycles. The lowest BCUT2D eigenvalue weighted by molar-refractivity contribution is -0.160. The number of aromatic nitrogens is 2. The van der Waals surface area contributed by atoms with Gasteiger partial charge in [-0.1, -0.05) is 20.8 Å². The number of nitrogens with zero attached hydrogens (tertiary/aromatic N) is 3. The summed E-state index contributed by atoms with van der Waals surface area (Å²) in [5, 5.41) is 3.45. The van der Waals surface area contributed by atoms with Crippen molar-refractivity contribution < 1.29 is 14.3 Å². The lowest BCUT2D eigenvalue weighted by Gasteiger charge is -2.34. The highest BCUT2D eigenvalue weighted by molar-refractivity contribution is 6.02. The second-order valence-electron chi connectivity index (χ2n) is 10.3. The van der Waals surface area contributed by atoms with Gasteiger partial charge >= 0.3 is 5.97 Å². The summed E-state index contributed by atoms with van der Waals surface area (Å²) in [4.78, 5) is 36.3. The van der Waals surface area contributed by atoms with E-state index in [-0.39, 0.29) is 11.8 Å². The highest BCUT2D eigenvalue weighted by atomic mass is 16.5. The molecule has 1 fully saturated rings. The minimum absolute atomic E-state index is 0.0119. The highest BCUT2D eigenvalue weighted by Crippen LogP contribution is 2.27. The number of carbonyl (C=O) groups excluding carboxylic acids is 2. The van der Waals surface area contributed by atoms with E-state index in [4.69, 9.17) is 4.74 Å². The Hall–Kier alpha value is -1.86. The van der Waals surface area contributed by atoms with Crippen LogP contribution in [0.15, 0.2) is 18.6 Å². The summed E-state index contributed by atoms with van der Waals surface area (Å²) >= 11 is 0. The molecule has 2 rings (SSSR count). The maximum Gasteiger partial charge on any atom is 0.319 e. The van der Waals surface area contributed by atoms with Gasteiger partial charge in [-0.25, -0.2) is 9.97 Å². The minimum atomic E-state index is -1.08. The molecular formula is C26H44N4O3. The summed E-state index contributed by atoms with van der Waals surface area (Å²) in [5.74, 6) is 0.590. The number of carbonyl (C=O) groups is 2. The SMILES string of the molecule is CCCN1CC(C)C[C@@H](C)CCC(=O)C(C)(C)C(=O)OC[C@H]1CCCNCc1ccncn1. The Bertz CT molecular complexity index is 726. The molecule has 1 N–H and O–H groups in total. The van der Waals surface area contributed by atoms with E-state index in [1.165, 1.54) is 0 Å². The number of ketones is 1. The van der Waals surface area contributed by atoms with Crippen molar-refractivity contribution in [1.82, 2.24) is 20.2 Å². The van der Waals surface area contributed by atoms with E-state index < -0.39 is 11.4 Å². The third kappa shape index (κ3) is 9.13. The van der Waals surface area contributed by atoms with Crippen molar-refractivity contribution >= 4 is 11.8 Å². The quantitative estimate of drug-likeness (QED) is 0.356. The third-order valence-corrected chi connectivity index (χ3v) is 6.70. The fourth-order valence-corrected chi connectivity index (χ4v) is 4.62.